The molecule has 84 valence electrons. The van der Waals surface area contributed by atoms with Gasteiger partial charge < -0.3 is 9.67 Å². The Morgan fingerprint density at radius 3 is 2.62 bits per heavy atom. The predicted molar refractivity (Wildman–Crippen MR) is 64.0 cm³/mol. The second-order valence-corrected chi connectivity index (χ2v) is 4.39. The normalized spacial score (nSPS) is 11.2. The zero-order chi connectivity index (χ0) is 11.9. The number of benzene rings is 1. The Bertz CT molecular complexity index is 552. The van der Waals surface area contributed by atoms with Crippen molar-refractivity contribution < 1.29 is 9.90 Å². The van der Waals surface area contributed by atoms with E-state index in [1.807, 2.05) is 23.9 Å². The van der Waals surface area contributed by atoms with E-state index in [2.05, 4.69) is 19.9 Å². The Hall–Kier alpha value is -1.77. The minimum absolute atomic E-state index is 0.331. The smallest absolute Gasteiger partial charge is 0.336 e. The van der Waals surface area contributed by atoms with Crippen LogP contribution in [0.25, 0.3) is 10.9 Å². The van der Waals surface area contributed by atoms with Crippen molar-refractivity contribution in [3.8, 4) is 0 Å². The highest BCUT2D eigenvalue weighted by Crippen LogP contribution is 2.25. The van der Waals surface area contributed by atoms with Gasteiger partial charge in [0.15, 0.2) is 0 Å². The van der Waals surface area contributed by atoms with Crippen molar-refractivity contribution in [2.24, 2.45) is 7.05 Å². The number of nitrogens with zero attached hydrogens (tertiary/aromatic N) is 1. The number of fused-ring (bicyclic) bond motifs is 1. The third-order valence-corrected chi connectivity index (χ3v) is 2.92. The Morgan fingerprint density at radius 1 is 1.38 bits per heavy atom. The highest BCUT2D eigenvalue weighted by atomic mass is 16.4. The first-order chi connectivity index (χ1) is 7.50. The molecule has 1 heterocycles. The number of carboxylic acid groups (broad SMARTS) is 1. The number of rotatable bonds is 2. The van der Waals surface area contributed by atoms with E-state index in [4.69, 9.17) is 0 Å². The van der Waals surface area contributed by atoms with Crippen LogP contribution in [0.2, 0.25) is 0 Å². The maximum Gasteiger partial charge on any atom is 0.336 e. The van der Waals surface area contributed by atoms with Gasteiger partial charge in [-0.05, 0) is 29.7 Å². The summed E-state index contributed by atoms with van der Waals surface area (Å²) < 4.78 is 1.95. The molecular weight excluding hydrogens is 202 g/mol. The molecule has 0 radical (unpaired) electrons. The zero-order valence-electron chi connectivity index (χ0n) is 9.69. The van der Waals surface area contributed by atoms with Crippen LogP contribution in [0.3, 0.4) is 0 Å². The number of aryl methyl sites for hydroxylation is 1. The fraction of sp³-hybridized carbons (Fsp3) is 0.308. The third kappa shape index (κ3) is 1.58. The molecule has 0 aliphatic heterocycles. The van der Waals surface area contributed by atoms with E-state index in [-0.39, 0.29) is 0 Å². The van der Waals surface area contributed by atoms with Crippen LogP contribution in [0.4, 0.5) is 0 Å². The summed E-state index contributed by atoms with van der Waals surface area (Å²) in [5.74, 6) is -0.531. The van der Waals surface area contributed by atoms with Crippen molar-refractivity contribution in [3.05, 3.63) is 35.5 Å². The van der Waals surface area contributed by atoms with Crippen LogP contribution in [0.5, 0.6) is 0 Å². The maximum absolute atomic E-state index is 11.2. The average molecular weight is 217 g/mol. The van der Waals surface area contributed by atoms with Gasteiger partial charge in [-0.3, -0.25) is 0 Å². The van der Waals surface area contributed by atoms with Gasteiger partial charge in [-0.25, -0.2) is 4.79 Å². The van der Waals surface area contributed by atoms with E-state index in [0.29, 0.717) is 11.5 Å². The molecule has 0 bridgehead atoms. The summed E-state index contributed by atoms with van der Waals surface area (Å²) in [5.41, 5.74) is 2.43. The van der Waals surface area contributed by atoms with E-state index in [0.717, 1.165) is 16.5 Å². The molecule has 3 nitrogen and oxygen atoms in total. The highest BCUT2D eigenvalue weighted by Gasteiger charge is 2.13. The molecule has 0 fully saturated rings. The summed E-state index contributed by atoms with van der Waals surface area (Å²) in [6.07, 6.45) is 1.89. The van der Waals surface area contributed by atoms with Gasteiger partial charge in [-0.2, -0.15) is 0 Å². The SMILES string of the molecule is CC(C)c1cc(C(=O)O)c2ccn(C)c2c1. The lowest BCUT2D eigenvalue weighted by atomic mass is 9.98. The second kappa shape index (κ2) is 3.67. The molecule has 0 unspecified atom stereocenters. The van der Waals surface area contributed by atoms with Crippen molar-refractivity contribution in [1.29, 1.82) is 0 Å². The van der Waals surface area contributed by atoms with Crippen molar-refractivity contribution in [1.82, 2.24) is 4.57 Å². The number of carboxylic acids is 1. The second-order valence-electron chi connectivity index (χ2n) is 4.39. The predicted octanol–water partition coefficient (Wildman–Crippen LogP) is 3.00. The van der Waals surface area contributed by atoms with Crippen LogP contribution in [0.15, 0.2) is 24.4 Å². The summed E-state index contributed by atoms with van der Waals surface area (Å²) in [6, 6.07) is 5.69. The van der Waals surface area contributed by atoms with Gasteiger partial charge in [0.1, 0.15) is 0 Å². The van der Waals surface area contributed by atoms with Gasteiger partial charge in [-0.1, -0.05) is 13.8 Å². The minimum atomic E-state index is -0.862. The number of carbonyl (C=O) groups is 1. The van der Waals surface area contributed by atoms with Gasteiger partial charge in [0.25, 0.3) is 0 Å². The van der Waals surface area contributed by atoms with Crippen LogP contribution in [0.1, 0.15) is 35.7 Å². The van der Waals surface area contributed by atoms with E-state index in [9.17, 15) is 9.90 Å². The largest absolute Gasteiger partial charge is 0.478 e. The lowest BCUT2D eigenvalue weighted by Crippen LogP contribution is -2.00. The third-order valence-electron chi connectivity index (χ3n) is 2.92. The first-order valence-corrected chi connectivity index (χ1v) is 5.33. The van der Waals surface area contributed by atoms with Gasteiger partial charge >= 0.3 is 5.97 Å². The van der Waals surface area contributed by atoms with Gasteiger partial charge in [0.2, 0.25) is 0 Å². The van der Waals surface area contributed by atoms with Crippen LogP contribution in [-0.4, -0.2) is 15.6 Å². The number of hydrogen-bond acceptors (Lipinski definition) is 1. The maximum atomic E-state index is 11.2. The number of aromatic carboxylic acids is 1. The van der Waals surface area contributed by atoms with E-state index >= 15 is 0 Å². The molecule has 0 saturated heterocycles. The Labute approximate surface area is 94.3 Å². The van der Waals surface area contributed by atoms with Crippen LogP contribution >= 0.6 is 0 Å². The summed E-state index contributed by atoms with van der Waals surface area (Å²) in [7, 11) is 1.93. The fourth-order valence-electron chi connectivity index (χ4n) is 1.90. The molecule has 0 aliphatic carbocycles. The Morgan fingerprint density at radius 2 is 2.06 bits per heavy atom. The minimum Gasteiger partial charge on any atom is -0.478 e. The van der Waals surface area contributed by atoms with Crippen LogP contribution < -0.4 is 0 Å². The lowest BCUT2D eigenvalue weighted by molar-refractivity contribution is 0.0699. The monoisotopic (exact) mass is 217 g/mol. The molecule has 0 saturated carbocycles. The Balaban J connectivity index is 2.81. The summed E-state index contributed by atoms with van der Waals surface area (Å²) in [6.45, 7) is 4.13. The van der Waals surface area contributed by atoms with Crippen molar-refractivity contribution in [3.63, 3.8) is 0 Å². The zero-order valence-corrected chi connectivity index (χ0v) is 9.69. The summed E-state index contributed by atoms with van der Waals surface area (Å²) in [5, 5.41) is 9.99. The highest BCUT2D eigenvalue weighted by molar-refractivity contribution is 6.03. The molecular formula is C13H15NO2. The summed E-state index contributed by atoms with van der Waals surface area (Å²) in [4.78, 5) is 11.2. The molecule has 2 aromatic rings. The van der Waals surface area contributed by atoms with E-state index in [1.54, 1.807) is 6.07 Å². The molecule has 0 atom stereocenters. The quantitative estimate of drug-likeness (QED) is 0.840. The van der Waals surface area contributed by atoms with Crippen LogP contribution in [-0.2, 0) is 7.05 Å². The van der Waals surface area contributed by atoms with Gasteiger partial charge in [0, 0.05) is 24.1 Å². The van der Waals surface area contributed by atoms with Crippen LogP contribution in [0, 0.1) is 0 Å². The molecule has 0 amide bonds. The molecule has 2 rings (SSSR count). The van der Waals surface area contributed by atoms with Crippen molar-refractivity contribution >= 4 is 16.9 Å². The summed E-state index contributed by atoms with van der Waals surface area (Å²) >= 11 is 0. The number of aromatic nitrogens is 1. The molecule has 1 N–H and O–H groups in total. The van der Waals surface area contributed by atoms with E-state index in [1.165, 1.54) is 0 Å². The molecule has 0 aliphatic rings. The van der Waals surface area contributed by atoms with Crippen molar-refractivity contribution in [2.75, 3.05) is 0 Å². The lowest BCUT2D eigenvalue weighted by Gasteiger charge is -2.09. The molecule has 3 heteroatoms. The standard InChI is InChI=1S/C13H15NO2/c1-8(2)9-6-11(13(15)16)10-4-5-14(3)12(10)7-9/h4-8H,1-3H3,(H,15,16). The fourth-order valence-corrected chi connectivity index (χ4v) is 1.90. The molecule has 16 heavy (non-hydrogen) atoms. The topological polar surface area (TPSA) is 42.2 Å². The molecule has 0 spiro atoms. The first-order valence-electron chi connectivity index (χ1n) is 5.33. The van der Waals surface area contributed by atoms with Gasteiger partial charge in [0.05, 0.1) is 5.56 Å². The molecule has 1 aromatic carbocycles. The van der Waals surface area contributed by atoms with E-state index < -0.39 is 5.97 Å². The average Bonchev–Trinajstić information content (AvgIpc) is 2.59. The number of hydrogen-bond donors (Lipinski definition) is 1. The van der Waals surface area contributed by atoms with Gasteiger partial charge in [-0.15, -0.1) is 0 Å². The van der Waals surface area contributed by atoms with Crippen molar-refractivity contribution in [2.45, 2.75) is 19.8 Å². The first kappa shape index (κ1) is 10.7. The molecule has 1 aromatic heterocycles. The Kier molecular flexibility index (Phi) is 2.46.